The average Bonchev–Trinajstić information content (AvgIpc) is 0. The van der Waals surface area contributed by atoms with Crippen LogP contribution in [0.3, 0.4) is 0 Å². The van der Waals surface area contributed by atoms with E-state index in [1.807, 2.05) is 0 Å². The summed E-state index contributed by atoms with van der Waals surface area (Å²) in [6.07, 6.45) is 0. The van der Waals surface area contributed by atoms with Crippen LogP contribution in [0.15, 0.2) is 0 Å². The Labute approximate surface area is 100 Å². The van der Waals surface area contributed by atoms with Crippen molar-refractivity contribution < 1.29 is 65.0 Å². The Balaban J connectivity index is 0. The van der Waals surface area contributed by atoms with Crippen molar-refractivity contribution in [1.82, 2.24) is 0 Å². The van der Waals surface area contributed by atoms with Gasteiger partial charge in [0, 0.05) is 65.0 Å². The number of hydrogen-bond acceptors (Lipinski definition) is 0. The zero-order valence-electron chi connectivity index (χ0n) is 1.30. The fraction of sp³-hybridized carbons (Fsp3) is 0. The smallest absolute Gasteiger partial charge is 0 e. The van der Waals surface area contributed by atoms with Crippen LogP contribution in [0.25, 0.3) is 0 Å². The molecule has 0 rings (SSSR count). The molecule has 0 bridgehead atoms. The summed E-state index contributed by atoms with van der Waals surface area (Å²) in [6, 6.07) is 0. The largest absolute Gasteiger partial charge is 0 e. The topological polar surface area (TPSA) is 0 Å². The van der Waals surface area contributed by atoms with Gasteiger partial charge in [-0.3, -0.25) is 0 Å². The van der Waals surface area contributed by atoms with E-state index >= 15 is 0 Å². The Hall–Kier alpha value is 3.38. The van der Waals surface area contributed by atoms with Crippen LogP contribution in [0.4, 0.5) is 0 Å². The van der Waals surface area contributed by atoms with E-state index in [0.29, 0.717) is 0 Å². The second kappa shape index (κ2) is 16.2. The quantitative estimate of drug-likeness (QED) is 0.484. The van der Waals surface area contributed by atoms with E-state index in [-0.39, 0.29) is 103 Å². The molecule has 0 aliphatic heterocycles. The Bertz CT molecular complexity index is 8.00. The minimum Gasteiger partial charge on any atom is 0 e. The molecule has 4 heavy (non-hydrogen) atoms. The first kappa shape index (κ1) is 26.3. The van der Waals surface area contributed by atoms with Crippen LogP contribution in [0.1, 0.15) is 0 Å². The zero-order chi connectivity index (χ0) is 0. The predicted octanol–water partition coefficient (Wildman–Crippen LogP) is -0.924. The van der Waals surface area contributed by atoms with Crippen molar-refractivity contribution in [3.8, 4) is 0 Å². The molecule has 0 aromatic carbocycles. The molecule has 0 nitrogen and oxygen atoms in total. The SMILES string of the molecule is [CaH2].[Cu].[Ti].[Zr]. The van der Waals surface area contributed by atoms with Crippen LogP contribution in [0, 0.1) is 0 Å². The summed E-state index contributed by atoms with van der Waals surface area (Å²) < 4.78 is 0. The Morgan fingerprint density at radius 3 is 1.00 bits per heavy atom. The molecule has 0 N–H and O–H groups in total. The van der Waals surface area contributed by atoms with Gasteiger partial charge in [-0.15, -0.1) is 0 Å². The van der Waals surface area contributed by atoms with Gasteiger partial charge in [0.25, 0.3) is 0 Å². The first-order valence-electron chi connectivity index (χ1n) is 0. The molecule has 4 heteroatoms. The van der Waals surface area contributed by atoms with Crippen molar-refractivity contribution in [1.29, 1.82) is 0 Å². The molecule has 1 radical (unpaired) electrons. The van der Waals surface area contributed by atoms with Crippen LogP contribution in [-0.2, 0) is 65.0 Å². The van der Waals surface area contributed by atoms with E-state index in [0.717, 1.165) is 0 Å². The molecule has 0 aromatic rings. The van der Waals surface area contributed by atoms with Gasteiger partial charge in [0.1, 0.15) is 0 Å². The molecule has 0 spiro atoms. The van der Waals surface area contributed by atoms with Crippen LogP contribution in [0.2, 0.25) is 0 Å². The molecule has 0 atom stereocenters. The molecule has 0 aliphatic carbocycles. The van der Waals surface area contributed by atoms with E-state index in [4.69, 9.17) is 0 Å². The summed E-state index contributed by atoms with van der Waals surface area (Å²) in [4.78, 5) is 0. The minimum atomic E-state index is 0. The Morgan fingerprint density at radius 1 is 1.00 bits per heavy atom. The molecule has 0 fully saturated rings. The summed E-state index contributed by atoms with van der Waals surface area (Å²) in [5.41, 5.74) is 0. The minimum absolute atomic E-state index is 0. The van der Waals surface area contributed by atoms with Crippen molar-refractivity contribution in [2.24, 2.45) is 0 Å². The van der Waals surface area contributed by atoms with E-state index in [2.05, 4.69) is 0 Å². The first-order valence-corrected chi connectivity index (χ1v) is 0. The van der Waals surface area contributed by atoms with E-state index in [9.17, 15) is 0 Å². The molecule has 0 amide bonds. The van der Waals surface area contributed by atoms with Gasteiger partial charge in [0.15, 0.2) is 0 Å². The third-order valence-corrected chi connectivity index (χ3v) is 0. The van der Waals surface area contributed by atoms with Gasteiger partial charge >= 0.3 is 37.7 Å². The Morgan fingerprint density at radius 2 is 1.00 bits per heavy atom. The van der Waals surface area contributed by atoms with Crippen LogP contribution in [-0.4, -0.2) is 37.7 Å². The van der Waals surface area contributed by atoms with Crippen molar-refractivity contribution in [3.63, 3.8) is 0 Å². The van der Waals surface area contributed by atoms with Gasteiger partial charge in [0.05, 0.1) is 0 Å². The fourth-order valence-electron chi connectivity index (χ4n) is 0. The second-order valence-corrected chi connectivity index (χ2v) is 0. The molecule has 0 unspecified atom stereocenters. The van der Waals surface area contributed by atoms with Gasteiger partial charge in [-0.25, -0.2) is 0 Å². The summed E-state index contributed by atoms with van der Waals surface area (Å²) in [6.45, 7) is 0. The van der Waals surface area contributed by atoms with Crippen molar-refractivity contribution >= 4 is 37.7 Å². The number of rotatable bonds is 0. The molecular weight excluding hydrogens is 243 g/mol. The van der Waals surface area contributed by atoms with Crippen LogP contribution in [0.5, 0.6) is 0 Å². The molecule has 0 saturated carbocycles. The van der Waals surface area contributed by atoms with Gasteiger partial charge in [-0.05, 0) is 0 Å². The first-order chi connectivity index (χ1) is 0. The third kappa shape index (κ3) is 9.03. The maximum Gasteiger partial charge on any atom is 0 e. The molecule has 0 saturated heterocycles. The predicted molar refractivity (Wildman–Crippen MR) is 8.54 cm³/mol. The van der Waals surface area contributed by atoms with E-state index in [1.165, 1.54) is 0 Å². The second-order valence-electron chi connectivity index (χ2n) is 0. The summed E-state index contributed by atoms with van der Waals surface area (Å²) in [7, 11) is 0. The standard InChI is InChI=1S/Ca.Cu.Ti.Zr.2H. The van der Waals surface area contributed by atoms with Crippen LogP contribution >= 0.6 is 0 Å². The van der Waals surface area contributed by atoms with Gasteiger partial charge in [-0.1, -0.05) is 0 Å². The summed E-state index contributed by atoms with van der Waals surface area (Å²) >= 11 is 0. The Kier molecular flexibility index (Phi) is 106. The third-order valence-electron chi connectivity index (χ3n) is 0. The molecular formula is H2CaCuTiZr. The summed E-state index contributed by atoms with van der Waals surface area (Å²) in [5, 5.41) is 0. The number of hydrogen-bond donors (Lipinski definition) is 0. The van der Waals surface area contributed by atoms with Gasteiger partial charge in [-0.2, -0.15) is 0 Å². The van der Waals surface area contributed by atoms with Crippen LogP contribution < -0.4 is 0 Å². The van der Waals surface area contributed by atoms with Crippen molar-refractivity contribution in [2.45, 2.75) is 0 Å². The van der Waals surface area contributed by atoms with Gasteiger partial charge in [0.2, 0.25) is 0 Å². The maximum absolute atomic E-state index is 0. The maximum atomic E-state index is 0. The molecule has 23 valence electrons. The molecule has 0 heterocycles. The van der Waals surface area contributed by atoms with E-state index in [1.54, 1.807) is 0 Å². The summed E-state index contributed by atoms with van der Waals surface area (Å²) in [5.74, 6) is 0. The zero-order valence-corrected chi connectivity index (χ0v) is 6.26. The van der Waals surface area contributed by atoms with Gasteiger partial charge < -0.3 is 0 Å². The molecule has 0 aliphatic rings. The average molecular weight is 245 g/mol. The normalized spacial score (nSPS) is 0. The van der Waals surface area contributed by atoms with Crippen molar-refractivity contribution in [2.75, 3.05) is 0 Å². The van der Waals surface area contributed by atoms with Crippen molar-refractivity contribution in [3.05, 3.63) is 0 Å². The fourth-order valence-corrected chi connectivity index (χ4v) is 0. The monoisotopic (exact) mass is 243 g/mol. The molecule has 0 aromatic heterocycles. The van der Waals surface area contributed by atoms with E-state index < -0.39 is 0 Å².